The van der Waals surface area contributed by atoms with Gasteiger partial charge in [0.2, 0.25) is 0 Å². The Hall–Kier alpha value is -4.17. The van der Waals surface area contributed by atoms with E-state index < -0.39 is 30.6 Å². The maximum Gasteiger partial charge on any atom is 0.407 e. The van der Waals surface area contributed by atoms with Gasteiger partial charge in [0.05, 0.1) is 6.61 Å². The third-order valence-corrected chi connectivity index (χ3v) is 6.03. The molecular weight excluding hydrogens is 448 g/mol. The highest BCUT2D eigenvalue weighted by atomic mass is 16.5. The monoisotopic (exact) mass is 474 g/mol. The average Bonchev–Trinajstić information content (AvgIpc) is 3.20. The Kier molecular flexibility index (Phi) is 7.42. The number of aliphatic carboxylic acids is 1. The Morgan fingerprint density at radius 2 is 1.49 bits per heavy atom. The number of hydrogen-bond donors (Lipinski definition) is 4. The smallest absolute Gasteiger partial charge is 0.407 e. The Bertz CT molecular complexity index is 1180. The van der Waals surface area contributed by atoms with E-state index in [1.54, 1.807) is 24.3 Å². The number of amides is 2. The van der Waals surface area contributed by atoms with E-state index >= 15 is 0 Å². The molecular formula is C27H26N2O6. The largest absolute Gasteiger partial charge is 0.480 e. The first kappa shape index (κ1) is 24.0. The van der Waals surface area contributed by atoms with Crippen molar-refractivity contribution in [1.82, 2.24) is 10.6 Å². The van der Waals surface area contributed by atoms with Crippen LogP contribution in [-0.2, 0) is 16.0 Å². The lowest BCUT2D eigenvalue weighted by Crippen LogP contribution is -2.43. The van der Waals surface area contributed by atoms with Crippen molar-refractivity contribution in [3.8, 4) is 11.1 Å². The maximum absolute atomic E-state index is 12.3. The van der Waals surface area contributed by atoms with Crippen LogP contribution in [0.3, 0.4) is 0 Å². The van der Waals surface area contributed by atoms with Gasteiger partial charge in [-0.15, -0.1) is 0 Å². The third kappa shape index (κ3) is 5.50. The minimum atomic E-state index is -1.36. The zero-order valence-electron chi connectivity index (χ0n) is 18.9. The predicted molar refractivity (Wildman–Crippen MR) is 129 cm³/mol. The number of carboxylic acids is 1. The molecule has 8 heteroatoms. The summed E-state index contributed by atoms with van der Waals surface area (Å²) in [6, 6.07) is 21.5. The van der Waals surface area contributed by atoms with Gasteiger partial charge >= 0.3 is 12.1 Å². The molecule has 0 radical (unpaired) electrons. The van der Waals surface area contributed by atoms with Gasteiger partial charge in [-0.25, -0.2) is 9.59 Å². The molecule has 4 N–H and O–H groups in total. The van der Waals surface area contributed by atoms with Gasteiger partial charge in [-0.3, -0.25) is 4.79 Å². The fraction of sp³-hybridized carbons (Fsp3) is 0.222. The summed E-state index contributed by atoms with van der Waals surface area (Å²) in [6.07, 6.45) is 0.0343. The standard InChI is InChI=1S/C27H26N2O6/c30-15-24(26(32)33)29-25(31)18-11-9-17(10-12-18)13-14-28-27(34)35-16-23-21-7-3-1-5-19(21)20-6-2-4-8-22(20)23/h1-12,23-24,30H,13-16H2,(H,28,34)(H,29,31)(H,32,33)/t24-/m0/s1. The number of fused-ring (bicyclic) bond motifs is 3. The molecule has 0 saturated carbocycles. The van der Waals surface area contributed by atoms with E-state index in [4.69, 9.17) is 14.9 Å². The van der Waals surface area contributed by atoms with Gasteiger partial charge in [0, 0.05) is 18.0 Å². The van der Waals surface area contributed by atoms with E-state index in [0.29, 0.717) is 13.0 Å². The Morgan fingerprint density at radius 1 is 0.886 bits per heavy atom. The molecule has 3 aromatic carbocycles. The lowest BCUT2D eigenvalue weighted by Gasteiger charge is -2.14. The van der Waals surface area contributed by atoms with Crippen LogP contribution in [0.25, 0.3) is 11.1 Å². The lowest BCUT2D eigenvalue weighted by atomic mass is 9.98. The van der Waals surface area contributed by atoms with Gasteiger partial charge < -0.3 is 25.6 Å². The molecule has 0 unspecified atom stereocenters. The van der Waals surface area contributed by atoms with Crippen molar-refractivity contribution in [1.29, 1.82) is 0 Å². The van der Waals surface area contributed by atoms with Crippen LogP contribution in [0.15, 0.2) is 72.8 Å². The highest BCUT2D eigenvalue weighted by Gasteiger charge is 2.29. The van der Waals surface area contributed by atoms with Crippen molar-refractivity contribution in [2.45, 2.75) is 18.4 Å². The van der Waals surface area contributed by atoms with Gasteiger partial charge in [0.15, 0.2) is 6.04 Å². The number of ether oxygens (including phenoxy) is 1. The summed E-state index contributed by atoms with van der Waals surface area (Å²) in [5.41, 5.74) is 5.81. The topological polar surface area (TPSA) is 125 Å². The van der Waals surface area contributed by atoms with Crippen LogP contribution in [0, 0.1) is 0 Å². The zero-order valence-corrected chi connectivity index (χ0v) is 18.9. The molecule has 0 heterocycles. The molecule has 4 rings (SSSR count). The van der Waals surface area contributed by atoms with Crippen molar-refractivity contribution in [2.24, 2.45) is 0 Å². The molecule has 8 nitrogen and oxygen atoms in total. The van der Waals surface area contributed by atoms with Crippen molar-refractivity contribution in [3.63, 3.8) is 0 Å². The number of nitrogens with one attached hydrogen (secondary N) is 2. The van der Waals surface area contributed by atoms with Gasteiger partial charge in [0.1, 0.15) is 6.61 Å². The number of hydrogen-bond acceptors (Lipinski definition) is 5. The minimum Gasteiger partial charge on any atom is -0.480 e. The molecule has 1 aliphatic carbocycles. The fourth-order valence-electron chi connectivity index (χ4n) is 4.21. The van der Waals surface area contributed by atoms with Crippen molar-refractivity contribution >= 4 is 18.0 Å². The number of rotatable bonds is 9. The van der Waals surface area contributed by atoms with Crippen LogP contribution in [0.4, 0.5) is 4.79 Å². The molecule has 0 fully saturated rings. The zero-order chi connectivity index (χ0) is 24.8. The number of carbonyl (C=O) groups excluding carboxylic acids is 2. The van der Waals surface area contributed by atoms with Crippen molar-refractivity contribution < 1.29 is 29.3 Å². The van der Waals surface area contributed by atoms with E-state index in [9.17, 15) is 14.4 Å². The van der Waals surface area contributed by atoms with E-state index in [1.807, 2.05) is 24.3 Å². The molecule has 2 amide bonds. The summed E-state index contributed by atoms with van der Waals surface area (Å²) in [7, 11) is 0. The van der Waals surface area contributed by atoms with E-state index in [-0.39, 0.29) is 18.1 Å². The van der Waals surface area contributed by atoms with Crippen LogP contribution in [0.5, 0.6) is 0 Å². The second-order valence-corrected chi connectivity index (χ2v) is 8.25. The summed E-state index contributed by atoms with van der Waals surface area (Å²) in [5, 5.41) is 22.9. The number of benzene rings is 3. The van der Waals surface area contributed by atoms with Gasteiger partial charge in [-0.2, -0.15) is 0 Å². The molecule has 3 aromatic rings. The van der Waals surface area contributed by atoms with E-state index in [2.05, 4.69) is 34.9 Å². The number of aliphatic hydroxyl groups excluding tert-OH is 1. The minimum absolute atomic E-state index is 0.00148. The normalized spacial score (nSPS) is 12.8. The summed E-state index contributed by atoms with van der Waals surface area (Å²) in [5.74, 6) is -1.90. The Balaban J connectivity index is 1.25. The highest BCUT2D eigenvalue weighted by molar-refractivity contribution is 5.96. The predicted octanol–water partition coefficient (Wildman–Crippen LogP) is 2.94. The van der Waals surface area contributed by atoms with Crippen LogP contribution >= 0.6 is 0 Å². The SMILES string of the molecule is O=C(NCCc1ccc(C(=O)N[C@@H](CO)C(=O)O)cc1)OCC1c2ccccc2-c2ccccc21. The molecule has 180 valence electrons. The molecule has 0 spiro atoms. The van der Waals surface area contributed by atoms with Crippen LogP contribution in [0.1, 0.15) is 33.0 Å². The fourth-order valence-corrected chi connectivity index (χ4v) is 4.21. The lowest BCUT2D eigenvalue weighted by molar-refractivity contribution is -0.140. The molecule has 35 heavy (non-hydrogen) atoms. The van der Waals surface area contributed by atoms with Gasteiger partial charge in [-0.05, 0) is 46.4 Å². The van der Waals surface area contributed by atoms with Crippen LogP contribution in [0.2, 0.25) is 0 Å². The molecule has 0 saturated heterocycles. The second-order valence-electron chi connectivity index (χ2n) is 8.25. The summed E-state index contributed by atoms with van der Waals surface area (Å²) in [6.45, 7) is -0.0939. The quantitative estimate of drug-likeness (QED) is 0.378. The second kappa shape index (κ2) is 10.8. The van der Waals surface area contributed by atoms with Crippen molar-refractivity contribution in [3.05, 3.63) is 95.1 Å². The first-order valence-electron chi connectivity index (χ1n) is 11.3. The maximum atomic E-state index is 12.3. The molecule has 1 aliphatic rings. The highest BCUT2D eigenvalue weighted by Crippen LogP contribution is 2.44. The van der Waals surface area contributed by atoms with Gasteiger partial charge in [0.25, 0.3) is 5.91 Å². The van der Waals surface area contributed by atoms with Crippen LogP contribution < -0.4 is 10.6 Å². The Morgan fingerprint density at radius 3 is 2.06 bits per heavy atom. The summed E-state index contributed by atoms with van der Waals surface area (Å²) < 4.78 is 5.52. The first-order chi connectivity index (χ1) is 17.0. The number of alkyl carbamates (subject to hydrolysis) is 1. The summed E-state index contributed by atoms with van der Waals surface area (Å²) >= 11 is 0. The Labute approximate surface area is 202 Å². The molecule has 1 atom stereocenters. The average molecular weight is 475 g/mol. The summed E-state index contributed by atoms with van der Waals surface area (Å²) in [4.78, 5) is 35.3. The third-order valence-electron chi connectivity index (χ3n) is 6.03. The molecule has 0 aliphatic heterocycles. The first-order valence-corrected chi connectivity index (χ1v) is 11.3. The van der Waals surface area contributed by atoms with E-state index in [0.717, 1.165) is 16.7 Å². The molecule has 0 bridgehead atoms. The number of carboxylic acid groups (broad SMARTS) is 1. The number of carbonyl (C=O) groups is 3. The van der Waals surface area contributed by atoms with E-state index in [1.165, 1.54) is 11.1 Å². The molecule has 0 aromatic heterocycles. The number of aliphatic hydroxyl groups is 1. The van der Waals surface area contributed by atoms with Crippen LogP contribution in [-0.4, -0.2) is 54.0 Å². The van der Waals surface area contributed by atoms with Crippen molar-refractivity contribution in [2.75, 3.05) is 19.8 Å². The van der Waals surface area contributed by atoms with Gasteiger partial charge in [-0.1, -0.05) is 60.7 Å².